The number of hydrogen-bond acceptors (Lipinski definition) is 1. The van der Waals surface area contributed by atoms with Crippen LogP contribution < -0.4 is 3.61 Å². The van der Waals surface area contributed by atoms with Gasteiger partial charge >= 0.3 is 96.1 Å². The predicted molar refractivity (Wildman–Crippen MR) is 61.0 cm³/mol. The average molecular weight is 304 g/mol. The molecular formula is C12H16OTe. The third-order valence-electron chi connectivity index (χ3n) is 1.83. The van der Waals surface area contributed by atoms with Crippen molar-refractivity contribution < 1.29 is 4.79 Å². The molecule has 0 saturated carbocycles. The van der Waals surface area contributed by atoms with Gasteiger partial charge in [0.25, 0.3) is 0 Å². The monoisotopic (exact) mass is 306 g/mol. The first-order chi connectivity index (χ1) is 6.58. The molecule has 0 aliphatic carbocycles. The fourth-order valence-electron chi connectivity index (χ4n) is 1.11. The normalized spacial score (nSPS) is 10.6. The first-order valence-electron chi connectivity index (χ1n) is 4.85. The number of benzene rings is 1. The number of carbonyl (C=O) groups excluding carboxylic acids is 1. The Morgan fingerprint density at radius 2 is 1.86 bits per heavy atom. The van der Waals surface area contributed by atoms with Gasteiger partial charge in [-0.05, 0) is 0 Å². The van der Waals surface area contributed by atoms with Crippen LogP contribution in [0.1, 0.15) is 25.8 Å². The molecule has 0 unspecified atom stereocenters. The van der Waals surface area contributed by atoms with Crippen LogP contribution in [0.3, 0.4) is 0 Å². The van der Waals surface area contributed by atoms with E-state index in [1.807, 2.05) is 0 Å². The summed E-state index contributed by atoms with van der Waals surface area (Å²) in [5, 5.41) is 0. The summed E-state index contributed by atoms with van der Waals surface area (Å²) in [6.07, 6.45) is 0.746. The maximum absolute atomic E-state index is 11.6. The summed E-state index contributed by atoms with van der Waals surface area (Å²) in [4.78, 5) is 11.6. The van der Waals surface area contributed by atoms with Crippen LogP contribution >= 0.6 is 0 Å². The van der Waals surface area contributed by atoms with E-state index in [1.54, 1.807) is 0 Å². The van der Waals surface area contributed by atoms with Crippen molar-refractivity contribution in [2.75, 3.05) is 0 Å². The van der Waals surface area contributed by atoms with Gasteiger partial charge in [0.15, 0.2) is 0 Å². The fraction of sp³-hybridized carbons (Fsp3) is 0.417. The Bertz CT molecular complexity index is 301. The molecule has 0 saturated heterocycles. The second-order valence-corrected chi connectivity index (χ2v) is 7.11. The number of hydrogen-bond donors (Lipinski definition) is 0. The van der Waals surface area contributed by atoms with Gasteiger partial charge in [-0.15, -0.1) is 0 Å². The van der Waals surface area contributed by atoms with Crippen LogP contribution in [-0.2, 0) is 4.79 Å². The van der Waals surface area contributed by atoms with Gasteiger partial charge in [-0.3, -0.25) is 0 Å². The predicted octanol–water partition coefficient (Wildman–Crippen LogP) is 1.90. The van der Waals surface area contributed by atoms with Gasteiger partial charge in [0, 0.05) is 0 Å². The molecule has 1 aromatic rings. The van der Waals surface area contributed by atoms with Crippen molar-refractivity contribution >= 4 is 28.4 Å². The summed E-state index contributed by atoms with van der Waals surface area (Å²) in [6.45, 7) is 6.26. The molecule has 0 fully saturated rings. The minimum atomic E-state index is -0.604. The van der Waals surface area contributed by atoms with Gasteiger partial charge in [0.2, 0.25) is 0 Å². The number of aryl methyl sites for hydroxylation is 1. The summed E-state index contributed by atoms with van der Waals surface area (Å²) < 4.78 is 1.72. The maximum atomic E-state index is 11.6. The summed E-state index contributed by atoms with van der Waals surface area (Å²) in [5.74, 6) is 0.498. The van der Waals surface area contributed by atoms with Gasteiger partial charge in [0.05, 0.1) is 0 Å². The Morgan fingerprint density at radius 3 is 2.36 bits per heavy atom. The molecule has 0 radical (unpaired) electrons. The molecule has 0 spiro atoms. The van der Waals surface area contributed by atoms with E-state index in [9.17, 15) is 4.79 Å². The van der Waals surface area contributed by atoms with Crippen LogP contribution in [0.5, 0.6) is 0 Å². The second kappa shape index (κ2) is 5.53. The van der Waals surface area contributed by atoms with E-state index < -0.39 is 20.9 Å². The van der Waals surface area contributed by atoms with Crippen molar-refractivity contribution in [2.24, 2.45) is 5.92 Å². The number of rotatable bonds is 4. The van der Waals surface area contributed by atoms with Gasteiger partial charge in [0.1, 0.15) is 0 Å². The molecule has 14 heavy (non-hydrogen) atoms. The van der Waals surface area contributed by atoms with Crippen LogP contribution in [-0.4, -0.2) is 24.8 Å². The SMILES string of the molecule is Cc1ccc([Te]C(=O)CC(C)C)cc1. The standard InChI is InChI=1S/C12H16OTe/c1-9(2)8-12(13)14-11-6-4-10(3)5-7-11/h4-7,9H,8H2,1-3H3. The molecule has 0 N–H and O–H groups in total. The molecule has 76 valence electrons. The molecule has 1 aromatic carbocycles. The molecule has 1 nitrogen and oxygen atoms in total. The topological polar surface area (TPSA) is 17.1 Å². The van der Waals surface area contributed by atoms with Crippen LogP contribution in [0.15, 0.2) is 24.3 Å². The molecule has 0 aliphatic heterocycles. The zero-order chi connectivity index (χ0) is 10.6. The van der Waals surface area contributed by atoms with Crippen molar-refractivity contribution in [1.82, 2.24) is 0 Å². The van der Waals surface area contributed by atoms with Crippen LogP contribution in [0, 0.1) is 12.8 Å². The fourth-order valence-corrected chi connectivity index (χ4v) is 3.83. The summed E-state index contributed by atoms with van der Waals surface area (Å²) in [6, 6.07) is 8.36. The zero-order valence-corrected chi connectivity index (χ0v) is 11.2. The van der Waals surface area contributed by atoms with Crippen molar-refractivity contribution in [3.8, 4) is 0 Å². The molecule has 0 aliphatic rings. The minimum absolute atomic E-state index is 0.467. The van der Waals surface area contributed by atoms with E-state index in [2.05, 4.69) is 45.0 Å². The Labute approximate surface area is 96.0 Å². The van der Waals surface area contributed by atoms with E-state index in [-0.39, 0.29) is 0 Å². The van der Waals surface area contributed by atoms with Crippen molar-refractivity contribution in [3.63, 3.8) is 0 Å². The third-order valence-corrected chi connectivity index (χ3v) is 4.40. The van der Waals surface area contributed by atoms with E-state index in [1.165, 1.54) is 9.17 Å². The van der Waals surface area contributed by atoms with Crippen LogP contribution in [0.4, 0.5) is 0 Å². The first-order valence-corrected chi connectivity index (χ1v) is 7.18. The summed E-state index contributed by atoms with van der Waals surface area (Å²) >= 11 is -0.604. The Balaban J connectivity index is 2.52. The molecule has 0 amide bonds. The van der Waals surface area contributed by atoms with Crippen molar-refractivity contribution in [2.45, 2.75) is 27.2 Å². The quantitative estimate of drug-likeness (QED) is 0.777. The van der Waals surface area contributed by atoms with Crippen LogP contribution in [0.25, 0.3) is 0 Å². The molecular weight excluding hydrogens is 288 g/mol. The molecule has 0 bridgehead atoms. The third kappa shape index (κ3) is 4.26. The van der Waals surface area contributed by atoms with Crippen LogP contribution in [0.2, 0.25) is 0 Å². The summed E-state index contributed by atoms with van der Waals surface area (Å²) in [7, 11) is 0. The Kier molecular flexibility index (Phi) is 4.65. The van der Waals surface area contributed by atoms with Crippen molar-refractivity contribution in [3.05, 3.63) is 29.8 Å². The summed E-state index contributed by atoms with van der Waals surface area (Å²) in [5.41, 5.74) is 1.26. The Hall–Kier alpha value is -0.320. The molecule has 0 atom stereocenters. The molecule has 2 heteroatoms. The van der Waals surface area contributed by atoms with Gasteiger partial charge in [-0.1, -0.05) is 0 Å². The second-order valence-electron chi connectivity index (χ2n) is 3.89. The molecule has 0 heterocycles. The van der Waals surface area contributed by atoms with Crippen molar-refractivity contribution in [1.29, 1.82) is 0 Å². The molecule has 1 rings (SSSR count). The van der Waals surface area contributed by atoms with Gasteiger partial charge < -0.3 is 0 Å². The molecule has 0 aromatic heterocycles. The Morgan fingerprint density at radius 1 is 1.29 bits per heavy atom. The van der Waals surface area contributed by atoms with E-state index >= 15 is 0 Å². The zero-order valence-electron chi connectivity index (χ0n) is 8.91. The van der Waals surface area contributed by atoms with Gasteiger partial charge in [-0.25, -0.2) is 0 Å². The number of carbonyl (C=O) groups is 1. The van der Waals surface area contributed by atoms with E-state index in [0.717, 1.165) is 6.42 Å². The van der Waals surface area contributed by atoms with Gasteiger partial charge in [-0.2, -0.15) is 0 Å². The average Bonchev–Trinajstić information content (AvgIpc) is 2.07. The first kappa shape index (κ1) is 11.8. The van der Waals surface area contributed by atoms with E-state index in [0.29, 0.717) is 9.75 Å². The van der Waals surface area contributed by atoms with E-state index in [4.69, 9.17) is 0 Å².